The topological polar surface area (TPSA) is 179 Å². The maximum Gasteiger partial charge on any atom is 0.362 e. The average molecular weight is 907 g/mol. The highest BCUT2D eigenvalue weighted by molar-refractivity contribution is 7.14. The summed E-state index contributed by atoms with van der Waals surface area (Å²) in [6, 6.07) is 10.7. The first-order chi connectivity index (χ1) is 27.8. The summed E-state index contributed by atoms with van der Waals surface area (Å²) >= 11 is 1.35. The van der Waals surface area contributed by atoms with E-state index in [1.807, 2.05) is 69.4 Å². The van der Waals surface area contributed by atoms with E-state index in [1.54, 1.807) is 41.0 Å². The molecule has 320 valence electrons. The number of rotatable bonds is 12. The zero-order chi connectivity index (χ0) is 42.7. The highest BCUT2D eigenvalue weighted by Crippen LogP contribution is 2.27. The Bertz CT molecular complexity index is 2420. The first-order valence-electron chi connectivity index (χ1n) is 19.3. The fourth-order valence-electron chi connectivity index (χ4n) is 6.43. The van der Waals surface area contributed by atoms with Gasteiger partial charge < -0.3 is 40.7 Å². The molecule has 1 fully saturated rings. The molecule has 1 N–H and O–H groups in total. The van der Waals surface area contributed by atoms with E-state index in [0.717, 1.165) is 17.0 Å². The van der Waals surface area contributed by atoms with E-state index in [2.05, 4.69) is 46.6 Å². The van der Waals surface area contributed by atoms with E-state index in [9.17, 15) is 19.2 Å². The van der Waals surface area contributed by atoms with Crippen LogP contribution in [0.2, 0.25) is 0 Å². The van der Waals surface area contributed by atoms with Gasteiger partial charge in [0.1, 0.15) is 22.8 Å². The molecular weight excluding hydrogens is 854 g/mol. The molecule has 0 radical (unpaired) electrons. The van der Waals surface area contributed by atoms with Gasteiger partial charge in [0.25, 0.3) is 17.4 Å². The van der Waals surface area contributed by atoms with Gasteiger partial charge in [-0.2, -0.15) is 0 Å². The van der Waals surface area contributed by atoms with E-state index in [-0.39, 0.29) is 74.5 Å². The molecule has 1 aliphatic heterocycles. The summed E-state index contributed by atoms with van der Waals surface area (Å²) in [6.45, 7) is 13.6. The van der Waals surface area contributed by atoms with Gasteiger partial charge in [0.15, 0.2) is 24.0 Å². The lowest BCUT2D eigenvalue weighted by atomic mass is 9.93. The molecule has 0 unspecified atom stereocenters. The smallest absolute Gasteiger partial charge is 0.362 e. The number of fused-ring (bicyclic) bond motifs is 1. The number of likely N-dealkylation sites (N-methyl/N-ethyl adjacent to an activating group) is 1. The van der Waals surface area contributed by atoms with Gasteiger partial charge in [-0.05, 0) is 73.2 Å². The Hall–Kier alpha value is -5.53. The van der Waals surface area contributed by atoms with Crippen LogP contribution in [0.15, 0.2) is 52.8 Å². The first kappa shape index (κ1) is 45.6. The maximum atomic E-state index is 14.3. The van der Waals surface area contributed by atoms with Crippen molar-refractivity contribution < 1.29 is 45.3 Å². The lowest BCUT2D eigenvalue weighted by molar-refractivity contribution is -0.875. The normalized spacial score (nSPS) is 13.7. The van der Waals surface area contributed by atoms with Crippen molar-refractivity contribution in [3.05, 3.63) is 86.5 Å². The molecule has 0 atom stereocenters. The maximum absolute atomic E-state index is 14.3. The number of carbonyl (C=O) groups is 3. The number of pyridine rings is 1. The summed E-state index contributed by atoms with van der Waals surface area (Å²) in [5.41, 5.74) is 1.52. The van der Waals surface area contributed by atoms with Crippen molar-refractivity contribution in [1.29, 1.82) is 0 Å². The van der Waals surface area contributed by atoms with Crippen molar-refractivity contribution in [3.63, 3.8) is 0 Å². The summed E-state index contributed by atoms with van der Waals surface area (Å²) in [4.78, 5) is 67.1. The first-order valence-corrected chi connectivity index (χ1v) is 20.1. The number of thiazole rings is 1. The van der Waals surface area contributed by atoms with Crippen LogP contribution in [0.5, 0.6) is 5.75 Å². The second-order valence-electron chi connectivity index (χ2n) is 17.1. The molecule has 4 aromatic heterocycles. The molecule has 1 saturated heterocycles. The van der Waals surface area contributed by atoms with Crippen LogP contribution in [0.3, 0.4) is 0 Å². The third kappa shape index (κ3) is 11.4. The molecule has 17 nitrogen and oxygen atoms in total. The molecule has 1 aromatic carbocycles. The second kappa shape index (κ2) is 18.4. The van der Waals surface area contributed by atoms with Crippen LogP contribution in [0, 0.1) is 0 Å². The van der Waals surface area contributed by atoms with Crippen LogP contribution in [0.4, 0.5) is 10.9 Å². The Kier molecular flexibility index (Phi) is 14.0. The van der Waals surface area contributed by atoms with Gasteiger partial charge in [-0.15, -0.1) is 16.4 Å². The molecule has 19 heteroatoms. The number of piperazine rings is 1. The van der Waals surface area contributed by atoms with E-state index in [0.29, 0.717) is 55.1 Å². The fraction of sp³-hybridized carbons (Fsp3) is 0.439. The Morgan fingerprint density at radius 2 is 1.65 bits per heavy atom. The molecule has 0 aliphatic carbocycles. The van der Waals surface area contributed by atoms with Crippen LogP contribution < -0.4 is 37.5 Å². The van der Waals surface area contributed by atoms with Crippen molar-refractivity contribution in [3.8, 4) is 5.75 Å². The van der Waals surface area contributed by atoms with E-state index >= 15 is 0 Å². The van der Waals surface area contributed by atoms with Crippen molar-refractivity contribution in [1.82, 2.24) is 39.5 Å². The Morgan fingerprint density at radius 3 is 2.28 bits per heavy atom. The quantitative estimate of drug-likeness (QED) is 0.139. The van der Waals surface area contributed by atoms with Gasteiger partial charge in [-0.25, -0.2) is 19.4 Å². The number of methoxy groups -OCH3 is 1. The van der Waals surface area contributed by atoms with Crippen molar-refractivity contribution >= 4 is 57.9 Å². The lowest BCUT2D eigenvalue weighted by Gasteiger charge is -2.37. The number of tetrazole rings is 1. The number of hydrogen-bond acceptors (Lipinski definition) is 13. The molecule has 0 saturated carbocycles. The third-order valence-corrected chi connectivity index (χ3v) is 10.3. The number of aromatic nitrogens is 7. The van der Waals surface area contributed by atoms with E-state index < -0.39 is 5.60 Å². The number of amides is 2. The molecule has 5 aromatic rings. The zero-order valence-corrected chi connectivity index (χ0v) is 37.8. The number of ether oxygens (including phenoxy) is 2. The predicted octanol–water partition coefficient (Wildman–Crippen LogP) is 0.985. The van der Waals surface area contributed by atoms with Gasteiger partial charge in [0.05, 0.1) is 39.0 Å². The highest BCUT2D eigenvalue weighted by Gasteiger charge is 2.32. The molecule has 0 spiro atoms. The summed E-state index contributed by atoms with van der Waals surface area (Å²) in [7, 11) is 5.26. The van der Waals surface area contributed by atoms with Crippen LogP contribution >= 0.6 is 11.3 Å². The van der Waals surface area contributed by atoms with Gasteiger partial charge >= 0.3 is 5.97 Å². The van der Waals surface area contributed by atoms with Crippen molar-refractivity contribution in [2.75, 3.05) is 70.7 Å². The predicted molar refractivity (Wildman–Crippen MR) is 226 cm³/mol. The average Bonchev–Trinajstić information content (AvgIpc) is 3.83. The van der Waals surface area contributed by atoms with Crippen molar-refractivity contribution in [2.24, 2.45) is 0 Å². The summed E-state index contributed by atoms with van der Waals surface area (Å²) < 4.78 is 13.9. The molecule has 0 bridgehead atoms. The molecular formula is C41H52BrN11O6S. The number of carbonyl (C=O) groups excluding carboxylic acids is 3. The largest absolute Gasteiger partial charge is 1.00 e. The van der Waals surface area contributed by atoms with Crippen LogP contribution in [-0.4, -0.2) is 128 Å². The lowest BCUT2D eigenvalue weighted by Crippen LogP contribution is -3.00. The minimum absolute atomic E-state index is 0. The van der Waals surface area contributed by atoms with Crippen molar-refractivity contribution in [2.45, 2.75) is 59.1 Å². The zero-order valence-electron chi connectivity index (χ0n) is 35.4. The van der Waals surface area contributed by atoms with Crippen LogP contribution in [0.25, 0.3) is 17.8 Å². The second-order valence-corrected chi connectivity index (χ2v) is 18.0. The molecule has 60 heavy (non-hydrogen) atoms. The van der Waals surface area contributed by atoms with Gasteiger partial charge in [0.2, 0.25) is 0 Å². The fourth-order valence-corrected chi connectivity index (χ4v) is 7.36. The summed E-state index contributed by atoms with van der Waals surface area (Å²) in [6.07, 6.45) is 4.85. The number of halogens is 1. The SMILES string of the molecule is COc1ccc(Cn2nnnc2/C=C/c2c(N3CCN(C(=O)C[N+](C)(C)CC(=O)OC(C)(C)C)CC3)nc3cc(C(=O)Nc4nc(C(C)(C)C)cs4)ccn3c2=O)cc1.[Br-]. The number of nitrogens with one attached hydrogen (secondary N) is 1. The molecule has 1 aliphatic rings. The van der Waals surface area contributed by atoms with E-state index in [4.69, 9.17) is 14.5 Å². The van der Waals surface area contributed by atoms with Gasteiger partial charge in [-0.1, -0.05) is 32.9 Å². The standard InChI is InChI=1S/C41H51N11O6S.BrH/c1-40(2,3)31-26-59-39(42-31)44-37(55)28-16-17-50-33(22-28)43-36(49-20-18-48(19-21-49)34(53)24-52(7,8)25-35(54)58-41(4,5)6)30(38(50)56)14-15-32-45-46-47-51(32)23-27-10-12-29(57-9)13-11-27;/h10-17,22,26H,18-21,23-25H2,1-9H3;1H/b15-14+;. The number of nitrogens with zero attached hydrogens (tertiary/aromatic N) is 10. The molecule has 2 amide bonds. The third-order valence-electron chi connectivity index (χ3n) is 9.52. The molecule has 5 heterocycles. The Morgan fingerprint density at radius 1 is 0.950 bits per heavy atom. The Balaban J connectivity index is 0.00000683. The monoisotopic (exact) mass is 905 g/mol. The minimum Gasteiger partial charge on any atom is -1.00 e. The molecule has 6 rings (SSSR count). The number of anilines is 2. The van der Waals surface area contributed by atoms with Crippen LogP contribution in [-0.2, 0) is 26.3 Å². The minimum atomic E-state index is -0.622. The van der Waals surface area contributed by atoms with E-state index in [1.165, 1.54) is 21.9 Å². The van der Waals surface area contributed by atoms with Gasteiger partial charge in [0, 0.05) is 48.7 Å². The number of benzene rings is 1. The highest BCUT2D eigenvalue weighted by atomic mass is 79.9. The summed E-state index contributed by atoms with van der Waals surface area (Å²) in [5, 5.41) is 17.5. The number of hydrogen-bond donors (Lipinski definition) is 1. The van der Waals surface area contributed by atoms with Crippen LogP contribution in [0.1, 0.15) is 74.5 Å². The number of quaternary nitrogens is 1. The Labute approximate surface area is 363 Å². The van der Waals surface area contributed by atoms with Gasteiger partial charge in [-0.3, -0.25) is 24.1 Å². The number of esters is 1. The summed E-state index contributed by atoms with van der Waals surface area (Å²) in [5.74, 6) is 0.687.